The van der Waals surface area contributed by atoms with Crippen molar-refractivity contribution in [2.24, 2.45) is 0 Å². The Bertz CT molecular complexity index is 915. The number of carbonyl (C=O) groups is 1. The Morgan fingerprint density at radius 2 is 1.81 bits per heavy atom. The number of hydrogen-bond donors (Lipinski definition) is 2. The van der Waals surface area contributed by atoms with Crippen LogP contribution in [0.25, 0.3) is 0 Å². The Morgan fingerprint density at radius 3 is 2.50 bits per heavy atom. The van der Waals surface area contributed by atoms with Crippen LogP contribution in [0.3, 0.4) is 0 Å². The summed E-state index contributed by atoms with van der Waals surface area (Å²) < 4.78 is 52.7. The Hall–Kier alpha value is -2.32. The number of aryl methyl sites for hydroxylation is 2. The summed E-state index contributed by atoms with van der Waals surface area (Å²) in [6.07, 6.45) is 0.334. The van der Waals surface area contributed by atoms with Gasteiger partial charge in [-0.05, 0) is 49.6 Å². The van der Waals surface area contributed by atoms with Crippen molar-refractivity contribution >= 4 is 21.6 Å². The summed E-state index contributed by atoms with van der Waals surface area (Å²) in [4.78, 5) is 11.3. The first-order chi connectivity index (χ1) is 12.2. The lowest BCUT2D eigenvalue weighted by Crippen LogP contribution is -2.26. The summed E-state index contributed by atoms with van der Waals surface area (Å²) in [6, 6.07) is 7.93. The van der Waals surface area contributed by atoms with E-state index in [0.717, 1.165) is 23.3 Å². The number of carbonyl (C=O) groups excluding carboxylic acids is 1. The van der Waals surface area contributed by atoms with E-state index in [9.17, 15) is 22.0 Å². The Kier molecular flexibility index (Phi) is 6.44. The van der Waals surface area contributed by atoms with E-state index in [4.69, 9.17) is 0 Å². The van der Waals surface area contributed by atoms with Crippen LogP contribution >= 0.6 is 0 Å². The van der Waals surface area contributed by atoms with Gasteiger partial charge in [0.15, 0.2) is 0 Å². The molecule has 2 aromatic carbocycles. The molecule has 26 heavy (non-hydrogen) atoms. The average Bonchev–Trinajstić information content (AvgIpc) is 2.54. The SMILES string of the molecule is Cc1ccc(C)c(NC(=O)CCCNS(=O)(=O)c2ccc(F)cc2F)c1. The molecule has 0 atom stereocenters. The van der Waals surface area contributed by atoms with Crippen LogP contribution in [-0.2, 0) is 14.8 Å². The highest BCUT2D eigenvalue weighted by atomic mass is 32.2. The van der Waals surface area contributed by atoms with E-state index >= 15 is 0 Å². The molecule has 5 nitrogen and oxygen atoms in total. The van der Waals surface area contributed by atoms with Gasteiger partial charge in [-0.3, -0.25) is 4.79 Å². The molecular formula is C18H20F2N2O3S. The molecule has 0 radical (unpaired) electrons. The summed E-state index contributed by atoms with van der Waals surface area (Å²) >= 11 is 0. The van der Waals surface area contributed by atoms with Gasteiger partial charge >= 0.3 is 0 Å². The van der Waals surface area contributed by atoms with Gasteiger partial charge in [0.1, 0.15) is 16.5 Å². The molecule has 0 saturated carbocycles. The van der Waals surface area contributed by atoms with Gasteiger partial charge in [0.05, 0.1) is 0 Å². The summed E-state index contributed by atoms with van der Waals surface area (Å²) in [5.41, 5.74) is 2.65. The van der Waals surface area contributed by atoms with Gasteiger partial charge < -0.3 is 5.32 Å². The summed E-state index contributed by atoms with van der Waals surface area (Å²) in [6.45, 7) is 3.75. The van der Waals surface area contributed by atoms with Crippen LogP contribution in [0.2, 0.25) is 0 Å². The Labute approximate surface area is 151 Å². The van der Waals surface area contributed by atoms with Crippen LogP contribution in [0.1, 0.15) is 24.0 Å². The third kappa shape index (κ3) is 5.34. The zero-order chi connectivity index (χ0) is 19.3. The third-order valence-corrected chi connectivity index (χ3v) is 5.22. The number of halogens is 2. The van der Waals surface area contributed by atoms with Gasteiger partial charge in [0, 0.05) is 24.7 Å². The predicted octanol–water partition coefficient (Wildman–Crippen LogP) is 3.28. The fraction of sp³-hybridized carbons (Fsp3) is 0.278. The maximum atomic E-state index is 13.6. The monoisotopic (exact) mass is 382 g/mol. The van der Waals surface area contributed by atoms with Crippen LogP contribution in [0.4, 0.5) is 14.5 Å². The second kappa shape index (κ2) is 8.37. The van der Waals surface area contributed by atoms with Crippen molar-refractivity contribution in [1.29, 1.82) is 0 Å². The summed E-state index contributed by atoms with van der Waals surface area (Å²) in [7, 11) is -4.10. The van der Waals surface area contributed by atoms with Crippen LogP contribution < -0.4 is 10.0 Å². The molecule has 2 rings (SSSR count). The number of hydrogen-bond acceptors (Lipinski definition) is 3. The van der Waals surface area contributed by atoms with E-state index in [0.29, 0.717) is 11.8 Å². The fourth-order valence-electron chi connectivity index (χ4n) is 2.31. The molecule has 0 heterocycles. The molecule has 0 spiro atoms. The zero-order valence-electron chi connectivity index (χ0n) is 14.5. The number of anilines is 1. The molecule has 0 aliphatic carbocycles. The number of amides is 1. The van der Waals surface area contributed by atoms with Gasteiger partial charge in [-0.15, -0.1) is 0 Å². The molecule has 0 saturated heterocycles. The Morgan fingerprint density at radius 1 is 1.08 bits per heavy atom. The molecule has 2 N–H and O–H groups in total. The highest BCUT2D eigenvalue weighted by molar-refractivity contribution is 7.89. The topological polar surface area (TPSA) is 75.3 Å². The molecule has 0 aliphatic heterocycles. The zero-order valence-corrected chi connectivity index (χ0v) is 15.3. The molecule has 0 fully saturated rings. The minimum absolute atomic E-state index is 0.0423. The fourth-order valence-corrected chi connectivity index (χ4v) is 3.44. The van der Waals surface area contributed by atoms with Crippen molar-refractivity contribution in [3.05, 3.63) is 59.2 Å². The summed E-state index contributed by atoms with van der Waals surface area (Å²) in [5.74, 6) is -2.26. The van der Waals surface area contributed by atoms with Crippen molar-refractivity contribution in [3.8, 4) is 0 Å². The van der Waals surface area contributed by atoms with E-state index in [-0.39, 0.29) is 25.3 Å². The molecule has 1 amide bonds. The molecule has 0 bridgehead atoms. The quantitative estimate of drug-likeness (QED) is 0.722. The minimum Gasteiger partial charge on any atom is -0.326 e. The van der Waals surface area contributed by atoms with E-state index < -0.39 is 26.6 Å². The van der Waals surface area contributed by atoms with Crippen LogP contribution in [-0.4, -0.2) is 20.9 Å². The van der Waals surface area contributed by atoms with Crippen LogP contribution in [0.5, 0.6) is 0 Å². The highest BCUT2D eigenvalue weighted by Crippen LogP contribution is 2.17. The lowest BCUT2D eigenvalue weighted by molar-refractivity contribution is -0.116. The van der Waals surface area contributed by atoms with Crippen molar-refractivity contribution in [3.63, 3.8) is 0 Å². The second-order valence-corrected chi connectivity index (χ2v) is 7.68. The molecule has 140 valence electrons. The minimum atomic E-state index is -4.10. The lowest BCUT2D eigenvalue weighted by atomic mass is 10.1. The molecular weight excluding hydrogens is 362 g/mol. The standard InChI is InChI=1S/C18H20F2N2O3S/c1-12-5-6-13(2)16(10-12)22-18(23)4-3-9-21-26(24,25)17-8-7-14(19)11-15(17)20/h5-8,10-11,21H,3-4,9H2,1-2H3,(H,22,23). The predicted molar refractivity (Wildman–Crippen MR) is 95.3 cm³/mol. The smallest absolute Gasteiger partial charge is 0.243 e. The maximum Gasteiger partial charge on any atom is 0.243 e. The number of rotatable bonds is 7. The first-order valence-corrected chi connectivity index (χ1v) is 9.49. The van der Waals surface area contributed by atoms with Crippen molar-refractivity contribution in [2.75, 3.05) is 11.9 Å². The second-order valence-electron chi connectivity index (χ2n) is 5.94. The molecule has 0 aromatic heterocycles. The van der Waals surface area contributed by atoms with E-state index in [1.807, 2.05) is 32.0 Å². The van der Waals surface area contributed by atoms with Crippen LogP contribution in [0, 0.1) is 25.5 Å². The maximum absolute atomic E-state index is 13.6. The van der Waals surface area contributed by atoms with Gasteiger partial charge in [0.2, 0.25) is 15.9 Å². The molecule has 8 heteroatoms. The number of benzene rings is 2. The third-order valence-electron chi connectivity index (χ3n) is 3.72. The van der Waals surface area contributed by atoms with Crippen molar-refractivity contribution < 1.29 is 22.0 Å². The van der Waals surface area contributed by atoms with Gasteiger partial charge in [-0.25, -0.2) is 21.9 Å². The molecule has 2 aromatic rings. The number of sulfonamides is 1. The van der Waals surface area contributed by atoms with Crippen molar-refractivity contribution in [1.82, 2.24) is 4.72 Å². The van der Waals surface area contributed by atoms with Gasteiger partial charge in [0.25, 0.3) is 0 Å². The lowest BCUT2D eigenvalue weighted by Gasteiger charge is -2.10. The first kappa shape index (κ1) is 20.0. The van der Waals surface area contributed by atoms with E-state index in [1.54, 1.807) is 0 Å². The van der Waals surface area contributed by atoms with Crippen LogP contribution in [0.15, 0.2) is 41.3 Å². The molecule has 0 aliphatic rings. The largest absolute Gasteiger partial charge is 0.326 e. The first-order valence-electron chi connectivity index (χ1n) is 8.01. The molecule has 0 unspecified atom stereocenters. The van der Waals surface area contributed by atoms with E-state index in [1.165, 1.54) is 0 Å². The normalized spacial score (nSPS) is 11.4. The van der Waals surface area contributed by atoms with Gasteiger partial charge in [-0.1, -0.05) is 12.1 Å². The van der Waals surface area contributed by atoms with Crippen molar-refractivity contribution in [2.45, 2.75) is 31.6 Å². The summed E-state index contributed by atoms with van der Waals surface area (Å²) in [5, 5.41) is 2.78. The van der Waals surface area contributed by atoms with Gasteiger partial charge in [-0.2, -0.15) is 0 Å². The number of nitrogens with one attached hydrogen (secondary N) is 2. The highest BCUT2D eigenvalue weighted by Gasteiger charge is 2.19. The van der Waals surface area contributed by atoms with E-state index in [2.05, 4.69) is 10.0 Å². The Balaban J connectivity index is 1.86. The average molecular weight is 382 g/mol.